The summed E-state index contributed by atoms with van der Waals surface area (Å²) in [5.74, 6) is -0.0123. The standard InChI is InChI=1S/C9H22N4O2S/c1-5-8(6-9(10)11)12-16(14,15)13(4)7(2)3/h7-8,12H,5-6H2,1-4H3,(H3,10,11). The van der Waals surface area contributed by atoms with E-state index in [9.17, 15) is 8.42 Å². The van der Waals surface area contributed by atoms with Gasteiger partial charge < -0.3 is 5.73 Å². The summed E-state index contributed by atoms with van der Waals surface area (Å²) in [5, 5.41) is 7.16. The van der Waals surface area contributed by atoms with Crippen molar-refractivity contribution in [1.29, 1.82) is 5.41 Å². The van der Waals surface area contributed by atoms with Gasteiger partial charge >= 0.3 is 0 Å². The Hall–Kier alpha value is -0.660. The molecule has 0 saturated carbocycles. The van der Waals surface area contributed by atoms with Gasteiger partial charge in [-0.25, -0.2) is 0 Å². The third-order valence-corrected chi connectivity index (χ3v) is 4.19. The number of nitrogens with zero attached hydrogens (tertiary/aromatic N) is 1. The van der Waals surface area contributed by atoms with Gasteiger partial charge in [-0.2, -0.15) is 17.4 Å². The monoisotopic (exact) mass is 250 g/mol. The smallest absolute Gasteiger partial charge is 0.279 e. The Morgan fingerprint density at radius 1 is 1.50 bits per heavy atom. The molecule has 0 aliphatic rings. The van der Waals surface area contributed by atoms with Crippen LogP contribution in [-0.2, 0) is 10.2 Å². The second-order valence-corrected chi connectivity index (χ2v) is 5.83. The fourth-order valence-electron chi connectivity index (χ4n) is 1.11. The Balaban J connectivity index is 4.61. The Labute approximate surface area is 97.9 Å². The van der Waals surface area contributed by atoms with Crippen LogP contribution < -0.4 is 10.5 Å². The van der Waals surface area contributed by atoms with Gasteiger partial charge in [0.05, 0.1) is 5.84 Å². The number of hydrogen-bond acceptors (Lipinski definition) is 3. The highest BCUT2D eigenvalue weighted by molar-refractivity contribution is 7.87. The highest BCUT2D eigenvalue weighted by atomic mass is 32.2. The summed E-state index contributed by atoms with van der Waals surface area (Å²) in [6.07, 6.45) is 0.840. The van der Waals surface area contributed by atoms with E-state index in [4.69, 9.17) is 11.1 Å². The van der Waals surface area contributed by atoms with Crippen LogP contribution in [0.15, 0.2) is 0 Å². The normalized spacial score (nSPS) is 14.4. The van der Waals surface area contributed by atoms with E-state index >= 15 is 0 Å². The molecule has 0 bridgehead atoms. The lowest BCUT2D eigenvalue weighted by Crippen LogP contribution is -2.47. The van der Waals surface area contributed by atoms with Crippen molar-refractivity contribution in [2.45, 2.75) is 45.7 Å². The van der Waals surface area contributed by atoms with Gasteiger partial charge in [-0.15, -0.1) is 0 Å². The van der Waals surface area contributed by atoms with Crippen molar-refractivity contribution in [3.05, 3.63) is 0 Å². The molecule has 1 unspecified atom stereocenters. The van der Waals surface area contributed by atoms with Crippen molar-refractivity contribution in [2.24, 2.45) is 5.73 Å². The lowest BCUT2D eigenvalue weighted by atomic mass is 10.1. The molecular formula is C9H22N4O2S. The summed E-state index contributed by atoms with van der Waals surface area (Å²) in [7, 11) is -1.96. The van der Waals surface area contributed by atoms with Crippen LogP contribution in [0.1, 0.15) is 33.6 Å². The summed E-state index contributed by atoms with van der Waals surface area (Å²) in [5.41, 5.74) is 5.26. The first kappa shape index (κ1) is 15.3. The summed E-state index contributed by atoms with van der Waals surface area (Å²) >= 11 is 0. The fraction of sp³-hybridized carbons (Fsp3) is 0.889. The molecule has 0 heterocycles. The van der Waals surface area contributed by atoms with Gasteiger partial charge in [-0.3, -0.25) is 5.41 Å². The van der Waals surface area contributed by atoms with Gasteiger partial charge in [0, 0.05) is 25.6 Å². The van der Waals surface area contributed by atoms with E-state index in [1.165, 1.54) is 11.4 Å². The molecule has 96 valence electrons. The molecule has 0 rings (SSSR count). The third kappa shape index (κ3) is 4.91. The van der Waals surface area contributed by atoms with E-state index < -0.39 is 10.2 Å². The molecule has 0 amide bonds. The van der Waals surface area contributed by atoms with Gasteiger partial charge in [0.25, 0.3) is 10.2 Å². The number of nitrogens with two attached hydrogens (primary N) is 1. The Morgan fingerprint density at radius 2 is 2.00 bits per heavy atom. The zero-order valence-corrected chi connectivity index (χ0v) is 11.1. The van der Waals surface area contributed by atoms with Gasteiger partial charge in [-0.05, 0) is 20.3 Å². The summed E-state index contributed by atoms with van der Waals surface area (Å²) in [6.45, 7) is 5.45. The average molecular weight is 250 g/mol. The van der Waals surface area contributed by atoms with E-state index in [1.54, 1.807) is 13.8 Å². The number of hydrogen-bond donors (Lipinski definition) is 3. The quantitative estimate of drug-likeness (QED) is 0.446. The molecule has 6 nitrogen and oxygen atoms in total. The Bertz CT molecular complexity index is 326. The molecule has 0 fully saturated rings. The summed E-state index contributed by atoms with van der Waals surface area (Å²) < 4.78 is 27.4. The maximum absolute atomic E-state index is 11.8. The molecule has 7 heteroatoms. The summed E-state index contributed by atoms with van der Waals surface area (Å²) in [4.78, 5) is 0. The Kier molecular flexibility index (Phi) is 5.91. The molecule has 0 aliphatic carbocycles. The molecule has 0 aliphatic heterocycles. The van der Waals surface area contributed by atoms with Crippen LogP contribution >= 0.6 is 0 Å². The first-order valence-electron chi connectivity index (χ1n) is 5.28. The molecule has 0 aromatic rings. The molecule has 0 radical (unpaired) electrons. The van der Waals surface area contributed by atoms with Crippen LogP contribution in [0.4, 0.5) is 0 Å². The van der Waals surface area contributed by atoms with Crippen molar-refractivity contribution in [3.63, 3.8) is 0 Å². The predicted octanol–water partition coefficient (Wildman–Crippen LogP) is 0.266. The first-order chi connectivity index (χ1) is 7.20. The topological polar surface area (TPSA) is 99.3 Å². The van der Waals surface area contributed by atoms with E-state index in [0.717, 1.165) is 0 Å². The van der Waals surface area contributed by atoms with Crippen molar-refractivity contribution >= 4 is 16.0 Å². The van der Waals surface area contributed by atoms with Crippen molar-refractivity contribution in [1.82, 2.24) is 9.03 Å². The molecule has 4 N–H and O–H groups in total. The van der Waals surface area contributed by atoms with Crippen LogP contribution in [0.3, 0.4) is 0 Å². The van der Waals surface area contributed by atoms with Crippen LogP contribution in [0.2, 0.25) is 0 Å². The maximum Gasteiger partial charge on any atom is 0.279 e. The maximum atomic E-state index is 11.8. The lowest BCUT2D eigenvalue weighted by Gasteiger charge is -2.24. The van der Waals surface area contributed by atoms with Crippen molar-refractivity contribution in [2.75, 3.05) is 7.05 Å². The van der Waals surface area contributed by atoms with E-state index in [-0.39, 0.29) is 24.3 Å². The van der Waals surface area contributed by atoms with Crippen LogP contribution in [0.25, 0.3) is 0 Å². The lowest BCUT2D eigenvalue weighted by molar-refractivity contribution is 0.395. The van der Waals surface area contributed by atoms with Gasteiger partial charge in [0.1, 0.15) is 0 Å². The van der Waals surface area contributed by atoms with Crippen molar-refractivity contribution < 1.29 is 8.42 Å². The number of rotatable bonds is 7. The van der Waals surface area contributed by atoms with Crippen molar-refractivity contribution in [3.8, 4) is 0 Å². The third-order valence-electron chi connectivity index (χ3n) is 2.38. The zero-order chi connectivity index (χ0) is 12.9. The van der Waals surface area contributed by atoms with E-state index in [1.807, 2.05) is 6.92 Å². The minimum atomic E-state index is -3.49. The van der Waals surface area contributed by atoms with Gasteiger partial charge in [0.2, 0.25) is 0 Å². The van der Waals surface area contributed by atoms with Gasteiger partial charge in [-0.1, -0.05) is 6.92 Å². The second-order valence-electron chi connectivity index (χ2n) is 4.07. The highest BCUT2D eigenvalue weighted by Crippen LogP contribution is 2.05. The van der Waals surface area contributed by atoms with Crippen LogP contribution in [-0.4, -0.2) is 37.7 Å². The molecule has 1 atom stereocenters. The van der Waals surface area contributed by atoms with Gasteiger partial charge in [0.15, 0.2) is 0 Å². The number of amidine groups is 1. The van der Waals surface area contributed by atoms with E-state index in [2.05, 4.69) is 4.72 Å². The zero-order valence-electron chi connectivity index (χ0n) is 10.3. The van der Waals surface area contributed by atoms with E-state index in [0.29, 0.717) is 6.42 Å². The average Bonchev–Trinajstić information content (AvgIpc) is 2.14. The predicted molar refractivity (Wildman–Crippen MR) is 65.6 cm³/mol. The minimum absolute atomic E-state index is 0.0123. The number of nitrogens with one attached hydrogen (secondary N) is 2. The van der Waals surface area contributed by atoms with Crippen LogP contribution in [0, 0.1) is 5.41 Å². The molecular weight excluding hydrogens is 228 g/mol. The molecule has 0 spiro atoms. The SMILES string of the molecule is CCC(CC(=N)N)NS(=O)(=O)N(C)C(C)C. The largest absolute Gasteiger partial charge is 0.388 e. The minimum Gasteiger partial charge on any atom is -0.388 e. The van der Waals surface area contributed by atoms with Crippen LogP contribution in [0.5, 0.6) is 0 Å². The molecule has 16 heavy (non-hydrogen) atoms. The summed E-state index contributed by atoms with van der Waals surface area (Å²) in [6, 6.07) is -0.420. The fourth-order valence-corrected chi connectivity index (χ4v) is 2.50. The Morgan fingerprint density at radius 3 is 2.31 bits per heavy atom. The first-order valence-corrected chi connectivity index (χ1v) is 6.72. The second kappa shape index (κ2) is 6.17. The molecule has 0 saturated heterocycles. The highest BCUT2D eigenvalue weighted by Gasteiger charge is 2.23. The molecule has 0 aromatic heterocycles. The molecule has 0 aromatic carbocycles.